The molecule has 0 bridgehead atoms. The fourth-order valence-electron chi connectivity index (χ4n) is 8.71. The third kappa shape index (κ3) is 5.58. The number of rotatable bonds is 6. The van der Waals surface area contributed by atoms with Crippen molar-refractivity contribution in [1.29, 1.82) is 0 Å². The molecule has 5 nitrogen and oxygen atoms in total. The maximum atomic E-state index is 5.18. The van der Waals surface area contributed by atoms with Crippen LogP contribution >= 0.6 is 0 Å². The van der Waals surface area contributed by atoms with Gasteiger partial charge >= 0.3 is 0 Å². The first kappa shape index (κ1) is 33.0. The molecule has 1 atom stereocenters. The number of benzene rings is 7. The molecule has 0 N–H and O–H groups in total. The molecule has 7 aromatic carbocycles. The molecule has 1 aliphatic carbocycles. The van der Waals surface area contributed by atoms with E-state index < -0.39 is 0 Å². The zero-order valence-electron chi connectivity index (χ0n) is 31.4. The fourth-order valence-corrected chi connectivity index (χ4v) is 8.71. The summed E-state index contributed by atoms with van der Waals surface area (Å²) in [5.41, 5.74) is 13.5. The summed E-state index contributed by atoms with van der Waals surface area (Å²) >= 11 is 0. The van der Waals surface area contributed by atoms with E-state index in [9.17, 15) is 0 Å². The van der Waals surface area contributed by atoms with Gasteiger partial charge in [0.2, 0.25) is 0 Å². The van der Waals surface area contributed by atoms with Crippen molar-refractivity contribution in [3.63, 3.8) is 0 Å². The number of fused-ring (bicyclic) bond motifs is 6. The lowest BCUT2D eigenvalue weighted by Gasteiger charge is -2.17. The molecule has 270 valence electrons. The largest absolute Gasteiger partial charge is 0.309 e. The quantitative estimate of drug-likeness (QED) is 0.171. The van der Waals surface area contributed by atoms with Gasteiger partial charge in [-0.2, -0.15) is 0 Å². The lowest BCUT2D eigenvalue weighted by atomic mass is 9.90. The van der Waals surface area contributed by atoms with Crippen LogP contribution in [0.25, 0.3) is 95.5 Å². The Bertz CT molecular complexity index is 3160. The molecule has 3 heterocycles. The monoisotopic (exact) mass is 731 g/mol. The molecule has 5 heteroatoms. The van der Waals surface area contributed by atoms with Crippen LogP contribution in [-0.4, -0.2) is 24.1 Å². The van der Waals surface area contributed by atoms with Crippen LogP contribution < -0.4 is 0 Å². The first-order valence-corrected chi connectivity index (χ1v) is 19.6. The molecule has 0 aliphatic heterocycles. The Kier molecular flexibility index (Phi) is 7.78. The van der Waals surface area contributed by atoms with E-state index in [2.05, 4.69) is 180 Å². The molecular weight excluding hydrogens is 695 g/mol. The Balaban J connectivity index is 1.12. The van der Waals surface area contributed by atoms with Gasteiger partial charge in [0.15, 0.2) is 17.5 Å². The highest BCUT2D eigenvalue weighted by molar-refractivity contribution is 6.14. The molecule has 57 heavy (non-hydrogen) atoms. The molecule has 0 spiro atoms. The van der Waals surface area contributed by atoms with Crippen LogP contribution in [0.3, 0.4) is 0 Å². The highest BCUT2D eigenvalue weighted by atomic mass is 15.0. The molecule has 1 aliphatic rings. The number of nitrogens with zero attached hydrogens (tertiary/aromatic N) is 5. The van der Waals surface area contributed by atoms with Crippen LogP contribution in [0.2, 0.25) is 0 Å². The summed E-state index contributed by atoms with van der Waals surface area (Å²) in [4.78, 5) is 15.4. The Hall–Kier alpha value is -7.37. The van der Waals surface area contributed by atoms with E-state index in [4.69, 9.17) is 15.0 Å². The van der Waals surface area contributed by atoms with Crippen molar-refractivity contribution in [2.75, 3.05) is 0 Å². The zero-order valence-corrected chi connectivity index (χ0v) is 31.4. The van der Waals surface area contributed by atoms with Crippen LogP contribution in [0, 0.1) is 0 Å². The summed E-state index contributed by atoms with van der Waals surface area (Å²) in [7, 11) is 0. The van der Waals surface area contributed by atoms with Crippen molar-refractivity contribution in [2.24, 2.45) is 0 Å². The summed E-state index contributed by atoms with van der Waals surface area (Å²) in [5.74, 6) is 2.29. The number of aromatic nitrogens is 5. The molecule has 0 amide bonds. The molecular formula is C52H37N5. The topological polar surface area (TPSA) is 48.5 Å². The molecule has 3 aromatic heterocycles. The minimum Gasteiger partial charge on any atom is -0.309 e. The van der Waals surface area contributed by atoms with E-state index in [1.807, 2.05) is 24.3 Å². The Morgan fingerprint density at radius 1 is 0.421 bits per heavy atom. The molecule has 10 aromatic rings. The van der Waals surface area contributed by atoms with E-state index in [-0.39, 0.29) is 0 Å². The van der Waals surface area contributed by atoms with Gasteiger partial charge in [0.05, 0.1) is 16.6 Å². The van der Waals surface area contributed by atoms with Crippen LogP contribution in [0.5, 0.6) is 0 Å². The van der Waals surface area contributed by atoms with Crippen LogP contribution in [0.15, 0.2) is 182 Å². The van der Waals surface area contributed by atoms with Crippen LogP contribution in [0.4, 0.5) is 0 Å². The molecule has 1 unspecified atom stereocenters. The maximum absolute atomic E-state index is 5.18. The lowest BCUT2D eigenvalue weighted by Crippen LogP contribution is -2.04. The van der Waals surface area contributed by atoms with Gasteiger partial charge in [-0.15, -0.1) is 0 Å². The first-order valence-electron chi connectivity index (χ1n) is 19.6. The standard InChI is InChI=1S/C52H37N5/c1-34-16-13-29-46-49(34)44-32-43-42-27-11-12-28-45(42)56(40-24-9-4-10-25-40)47(43)33-48(44)57(46)41-26-15-23-39(31-41)52-54-50(36-19-7-3-8-20-36)53-51(55-52)38-22-14-21-37(30-38)35-17-5-2-6-18-35/h2-15,17-34H,16H2,1H3. The Labute approximate surface area is 330 Å². The predicted molar refractivity (Wildman–Crippen MR) is 235 cm³/mol. The molecule has 11 rings (SSSR count). The van der Waals surface area contributed by atoms with Crippen LogP contribution in [0.1, 0.15) is 30.5 Å². The van der Waals surface area contributed by atoms with E-state index >= 15 is 0 Å². The van der Waals surface area contributed by atoms with Gasteiger partial charge in [-0.05, 0) is 83.6 Å². The number of hydrogen-bond acceptors (Lipinski definition) is 3. The highest BCUT2D eigenvalue weighted by Crippen LogP contribution is 2.44. The zero-order chi connectivity index (χ0) is 37.9. The molecule has 0 radical (unpaired) electrons. The molecule has 0 saturated carbocycles. The second kappa shape index (κ2) is 13.4. The van der Waals surface area contributed by atoms with Gasteiger partial charge in [0.25, 0.3) is 0 Å². The van der Waals surface area contributed by atoms with E-state index in [0.717, 1.165) is 45.6 Å². The number of allylic oxidation sites excluding steroid dienone is 1. The third-order valence-corrected chi connectivity index (χ3v) is 11.4. The van der Waals surface area contributed by atoms with Crippen molar-refractivity contribution < 1.29 is 0 Å². The highest BCUT2D eigenvalue weighted by Gasteiger charge is 2.26. The van der Waals surface area contributed by atoms with E-state index in [1.165, 1.54) is 44.0 Å². The number of hydrogen-bond donors (Lipinski definition) is 0. The Morgan fingerprint density at radius 2 is 0.982 bits per heavy atom. The normalized spacial score (nSPS) is 13.7. The predicted octanol–water partition coefficient (Wildman–Crippen LogP) is 13.1. The Morgan fingerprint density at radius 3 is 1.74 bits per heavy atom. The van der Waals surface area contributed by atoms with Gasteiger partial charge in [-0.25, -0.2) is 15.0 Å². The minimum absolute atomic E-state index is 0.378. The van der Waals surface area contributed by atoms with Crippen molar-refractivity contribution in [3.05, 3.63) is 193 Å². The van der Waals surface area contributed by atoms with Crippen molar-refractivity contribution in [1.82, 2.24) is 24.1 Å². The lowest BCUT2D eigenvalue weighted by molar-refractivity contribution is 0.773. The SMILES string of the molecule is CC1CC=Cc2c1c1cc3c4ccccc4n(-c4ccccc4)c3cc1n2-c1cccc(-c2nc(-c3ccccc3)nc(-c3cccc(-c4ccccc4)c3)n2)c1. The fraction of sp³-hybridized carbons (Fsp3) is 0.0577. The summed E-state index contributed by atoms with van der Waals surface area (Å²) in [6.45, 7) is 2.35. The van der Waals surface area contributed by atoms with Crippen molar-refractivity contribution in [3.8, 4) is 56.7 Å². The second-order valence-electron chi connectivity index (χ2n) is 14.9. The van der Waals surface area contributed by atoms with E-state index in [0.29, 0.717) is 23.4 Å². The summed E-state index contributed by atoms with van der Waals surface area (Å²) in [5, 5.41) is 3.82. The third-order valence-electron chi connectivity index (χ3n) is 11.4. The smallest absolute Gasteiger partial charge is 0.164 e. The summed E-state index contributed by atoms with van der Waals surface area (Å²) in [6.07, 6.45) is 5.64. The first-order chi connectivity index (χ1) is 28.2. The van der Waals surface area contributed by atoms with Crippen LogP contribution in [-0.2, 0) is 0 Å². The van der Waals surface area contributed by atoms with Gasteiger partial charge in [-0.1, -0.05) is 140 Å². The average molecular weight is 732 g/mol. The van der Waals surface area contributed by atoms with Gasteiger partial charge in [-0.3, -0.25) is 0 Å². The average Bonchev–Trinajstić information content (AvgIpc) is 3.79. The van der Waals surface area contributed by atoms with Gasteiger partial charge in [0, 0.05) is 49.9 Å². The van der Waals surface area contributed by atoms with Crippen molar-refractivity contribution in [2.45, 2.75) is 19.3 Å². The molecule has 0 saturated heterocycles. The maximum Gasteiger partial charge on any atom is 0.164 e. The van der Waals surface area contributed by atoms with Gasteiger partial charge < -0.3 is 9.13 Å². The summed E-state index contributed by atoms with van der Waals surface area (Å²) in [6, 6.07) is 62.1. The summed E-state index contributed by atoms with van der Waals surface area (Å²) < 4.78 is 4.84. The second-order valence-corrected chi connectivity index (χ2v) is 14.9. The number of para-hydroxylation sites is 2. The molecule has 0 fully saturated rings. The van der Waals surface area contributed by atoms with Gasteiger partial charge in [0.1, 0.15) is 0 Å². The van der Waals surface area contributed by atoms with Crippen molar-refractivity contribution >= 4 is 38.8 Å². The minimum atomic E-state index is 0.378. The van der Waals surface area contributed by atoms with E-state index in [1.54, 1.807) is 0 Å².